The predicted molar refractivity (Wildman–Crippen MR) is 124 cm³/mol. The van der Waals surface area contributed by atoms with Crippen LogP contribution in [-0.4, -0.2) is 30.4 Å². The van der Waals surface area contributed by atoms with Gasteiger partial charge in [-0.1, -0.05) is 34.8 Å². The molecule has 12 heteroatoms. The SMILES string of the molecule is CS(=O)(=O)NC(=O)c1cc(Cl)c(-n2nc(-c3cc(Cl)ccc3F)c3cc(Cl)ccc32)cc1F. The number of halogens is 5. The van der Waals surface area contributed by atoms with Gasteiger partial charge in [-0.05, 0) is 42.5 Å². The molecule has 0 unspecified atom stereocenters. The summed E-state index contributed by atoms with van der Waals surface area (Å²) in [5.41, 5.74) is 0.154. The van der Waals surface area contributed by atoms with E-state index < -0.39 is 33.1 Å². The van der Waals surface area contributed by atoms with Crippen LogP contribution in [0.2, 0.25) is 15.1 Å². The van der Waals surface area contributed by atoms with Crippen molar-refractivity contribution in [1.29, 1.82) is 0 Å². The van der Waals surface area contributed by atoms with Crippen LogP contribution in [0.3, 0.4) is 0 Å². The van der Waals surface area contributed by atoms with Crippen LogP contribution in [0.25, 0.3) is 27.8 Å². The lowest BCUT2D eigenvalue weighted by molar-refractivity contribution is 0.0978. The predicted octanol–water partition coefficient (Wildman–Crippen LogP) is 5.62. The Balaban J connectivity index is 1.93. The molecule has 3 aromatic carbocycles. The van der Waals surface area contributed by atoms with Crippen LogP contribution in [0.1, 0.15) is 10.4 Å². The van der Waals surface area contributed by atoms with Crippen molar-refractivity contribution in [2.75, 3.05) is 6.26 Å². The molecule has 0 aliphatic rings. The molecule has 33 heavy (non-hydrogen) atoms. The minimum absolute atomic E-state index is 0.0334. The van der Waals surface area contributed by atoms with Gasteiger partial charge in [0.2, 0.25) is 10.0 Å². The van der Waals surface area contributed by atoms with Gasteiger partial charge in [-0.25, -0.2) is 26.6 Å². The van der Waals surface area contributed by atoms with Crippen LogP contribution in [0.15, 0.2) is 48.5 Å². The number of hydrogen-bond donors (Lipinski definition) is 1. The van der Waals surface area contributed by atoms with Crippen LogP contribution in [0.5, 0.6) is 0 Å². The minimum atomic E-state index is -3.92. The summed E-state index contributed by atoms with van der Waals surface area (Å²) in [4.78, 5) is 12.1. The van der Waals surface area contributed by atoms with Crippen LogP contribution >= 0.6 is 34.8 Å². The molecule has 0 spiro atoms. The summed E-state index contributed by atoms with van der Waals surface area (Å²) in [6, 6.07) is 10.6. The zero-order valence-corrected chi connectivity index (χ0v) is 19.6. The number of carbonyl (C=O) groups is 1. The Bertz CT molecular complexity index is 1560. The van der Waals surface area contributed by atoms with Crippen molar-refractivity contribution >= 4 is 61.6 Å². The second-order valence-corrected chi connectivity index (χ2v) is 10.1. The normalized spacial score (nSPS) is 11.7. The summed E-state index contributed by atoms with van der Waals surface area (Å²) in [5, 5.41) is 5.40. The number of aromatic nitrogens is 2. The zero-order valence-electron chi connectivity index (χ0n) is 16.5. The monoisotopic (exact) mass is 529 g/mol. The molecule has 0 radical (unpaired) electrons. The summed E-state index contributed by atoms with van der Waals surface area (Å²) in [7, 11) is -3.92. The van der Waals surface area contributed by atoms with Crippen molar-refractivity contribution in [1.82, 2.24) is 14.5 Å². The van der Waals surface area contributed by atoms with Crippen molar-refractivity contribution < 1.29 is 22.0 Å². The number of nitrogens with one attached hydrogen (secondary N) is 1. The molecule has 4 aromatic rings. The van der Waals surface area contributed by atoms with E-state index in [-0.39, 0.29) is 27.0 Å². The average Bonchev–Trinajstić information content (AvgIpc) is 3.08. The van der Waals surface area contributed by atoms with Crippen LogP contribution in [-0.2, 0) is 10.0 Å². The van der Waals surface area contributed by atoms with Gasteiger partial charge in [0.05, 0.1) is 28.0 Å². The lowest BCUT2D eigenvalue weighted by Crippen LogP contribution is -2.30. The number of fused-ring (bicyclic) bond motifs is 1. The van der Waals surface area contributed by atoms with Gasteiger partial charge < -0.3 is 0 Å². The van der Waals surface area contributed by atoms with Crippen LogP contribution in [0.4, 0.5) is 8.78 Å². The molecule has 6 nitrogen and oxygen atoms in total. The standard InChI is InChI=1S/C21H12Cl3F2N3O3S/c1-33(31,32)28-21(30)13-8-15(24)19(9-17(13)26)29-18-5-3-11(23)7-14(18)20(27-29)12-6-10(22)2-4-16(12)25/h2-9H,1H3,(H,28,30). The van der Waals surface area contributed by atoms with Crippen molar-refractivity contribution in [2.24, 2.45) is 0 Å². The maximum atomic E-state index is 14.8. The number of sulfonamides is 1. The first-order chi connectivity index (χ1) is 15.4. The van der Waals surface area contributed by atoms with Crippen molar-refractivity contribution in [3.8, 4) is 16.9 Å². The molecule has 0 atom stereocenters. The second-order valence-electron chi connectivity index (χ2n) is 7.03. The molecule has 170 valence electrons. The van der Waals surface area contributed by atoms with E-state index in [1.807, 2.05) is 0 Å². The Kier molecular flexibility index (Phi) is 6.09. The van der Waals surface area contributed by atoms with Gasteiger partial charge in [0.25, 0.3) is 5.91 Å². The Hall–Kier alpha value is -2.72. The van der Waals surface area contributed by atoms with Gasteiger partial charge in [0.1, 0.15) is 17.3 Å². The van der Waals surface area contributed by atoms with Crippen molar-refractivity contribution in [2.45, 2.75) is 0 Å². The molecular formula is C21H12Cl3F2N3O3S. The van der Waals surface area contributed by atoms with E-state index in [4.69, 9.17) is 34.8 Å². The number of hydrogen-bond acceptors (Lipinski definition) is 4. The first-order valence-corrected chi connectivity index (χ1v) is 12.1. The third kappa shape index (κ3) is 4.67. The molecule has 0 aliphatic carbocycles. The highest BCUT2D eigenvalue weighted by atomic mass is 35.5. The fourth-order valence-electron chi connectivity index (χ4n) is 3.25. The quantitative estimate of drug-likeness (QED) is 0.371. The third-order valence-electron chi connectivity index (χ3n) is 4.61. The van der Waals surface area contributed by atoms with Gasteiger partial charge in [0, 0.05) is 27.1 Å². The van der Waals surface area contributed by atoms with Gasteiger partial charge in [-0.15, -0.1) is 0 Å². The maximum absolute atomic E-state index is 14.8. The van der Waals surface area contributed by atoms with E-state index in [9.17, 15) is 22.0 Å². The summed E-state index contributed by atoms with van der Waals surface area (Å²) in [5.74, 6) is -2.80. The lowest BCUT2D eigenvalue weighted by Gasteiger charge is -2.10. The molecular weight excluding hydrogens is 519 g/mol. The Morgan fingerprint density at radius 3 is 2.33 bits per heavy atom. The average molecular weight is 531 g/mol. The van der Waals surface area contributed by atoms with E-state index in [1.54, 1.807) is 22.9 Å². The molecule has 4 rings (SSSR count). The number of carbonyl (C=O) groups excluding carboxylic acids is 1. The summed E-state index contributed by atoms with van der Waals surface area (Å²) >= 11 is 18.5. The number of rotatable bonds is 4. The molecule has 0 saturated carbocycles. The van der Waals surface area contributed by atoms with Crippen molar-refractivity contribution in [3.05, 3.63) is 80.8 Å². The van der Waals surface area contributed by atoms with Gasteiger partial charge in [0.15, 0.2) is 0 Å². The highest BCUT2D eigenvalue weighted by Gasteiger charge is 2.22. The van der Waals surface area contributed by atoms with Gasteiger partial charge in [-0.2, -0.15) is 5.10 Å². The van der Waals surface area contributed by atoms with E-state index in [0.29, 0.717) is 15.9 Å². The molecule has 1 aromatic heterocycles. The number of amides is 1. The maximum Gasteiger partial charge on any atom is 0.267 e. The van der Waals surface area contributed by atoms with E-state index in [0.717, 1.165) is 18.4 Å². The topological polar surface area (TPSA) is 81.1 Å². The van der Waals surface area contributed by atoms with Crippen LogP contribution in [0, 0.1) is 11.6 Å². The molecule has 0 fully saturated rings. The first kappa shape index (κ1) is 23.4. The summed E-state index contributed by atoms with van der Waals surface area (Å²) < 4.78 is 55.0. The lowest BCUT2D eigenvalue weighted by atomic mass is 10.1. The zero-order chi connectivity index (χ0) is 24.1. The van der Waals surface area contributed by atoms with Crippen molar-refractivity contribution in [3.63, 3.8) is 0 Å². The Morgan fingerprint density at radius 1 is 0.970 bits per heavy atom. The van der Waals surface area contributed by atoms with E-state index in [1.165, 1.54) is 22.9 Å². The van der Waals surface area contributed by atoms with Gasteiger partial charge in [-0.3, -0.25) is 4.79 Å². The third-order valence-corrected chi connectivity index (χ3v) is 5.94. The smallest absolute Gasteiger partial charge is 0.267 e. The molecule has 1 N–H and O–H groups in total. The Labute approximate surface area is 201 Å². The molecule has 1 heterocycles. The highest BCUT2D eigenvalue weighted by molar-refractivity contribution is 7.89. The van der Waals surface area contributed by atoms with E-state index >= 15 is 0 Å². The summed E-state index contributed by atoms with van der Waals surface area (Å²) in [6.45, 7) is 0. The summed E-state index contributed by atoms with van der Waals surface area (Å²) in [6.07, 6.45) is 0.760. The number of nitrogens with zero attached hydrogens (tertiary/aromatic N) is 2. The fourth-order valence-corrected chi connectivity index (χ4v) is 4.28. The minimum Gasteiger partial charge on any atom is -0.268 e. The fraction of sp³-hybridized carbons (Fsp3) is 0.0476. The first-order valence-electron chi connectivity index (χ1n) is 9.10. The molecule has 0 bridgehead atoms. The van der Waals surface area contributed by atoms with E-state index in [2.05, 4.69) is 5.10 Å². The largest absolute Gasteiger partial charge is 0.268 e. The molecule has 1 amide bonds. The highest BCUT2D eigenvalue weighted by Crippen LogP contribution is 2.36. The second kappa shape index (κ2) is 8.57. The Morgan fingerprint density at radius 2 is 1.64 bits per heavy atom. The molecule has 0 aliphatic heterocycles. The molecule has 0 saturated heterocycles. The van der Waals surface area contributed by atoms with Crippen LogP contribution < -0.4 is 4.72 Å². The van der Waals surface area contributed by atoms with Gasteiger partial charge >= 0.3 is 0 Å². The number of benzene rings is 3.